The van der Waals surface area contributed by atoms with Crippen molar-refractivity contribution in [3.8, 4) is 0 Å². The molecule has 0 heterocycles. The number of nitrogens with zero attached hydrogens (tertiary/aromatic N) is 3. The Morgan fingerprint density at radius 3 is 2.33 bits per heavy atom. The Labute approximate surface area is 155 Å². The summed E-state index contributed by atoms with van der Waals surface area (Å²) in [5.41, 5.74) is 1.38. The number of anilines is 1. The quantitative estimate of drug-likeness (QED) is 0.433. The number of non-ortho nitro benzene ring substituents is 1. The zero-order valence-electron chi connectivity index (χ0n) is 14.7. The summed E-state index contributed by atoms with van der Waals surface area (Å²) in [5, 5.41) is 36.3. The topological polar surface area (TPSA) is 131 Å². The van der Waals surface area contributed by atoms with Crippen molar-refractivity contribution in [2.45, 2.75) is 19.4 Å². The number of nitro groups is 2. The highest BCUT2D eigenvalue weighted by atomic mass is 16.6. The largest absolute Gasteiger partial charge is 0.384 e. The van der Waals surface area contributed by atoms with Gasteiger partial charge in [-0.25, -0.2) is 0 Å². The fourth-order valence-corrected chi connectivity index (χ4v) is 2.12. The molecule has 0 fully saturated rings. The van der Waals surface area contributed by atoms with E-state index in [9.17, 15) is 25.3 Å². The van der Waals surface area contributed by atoms with Gasteiger partial charge >= 0.3 is 5.69 Å². The van der Waals surface area contributed by atoms with Crippen LogP contribution in [0.15, 0.2) is 59.7 Å². The molecule has 0 aliphatic carbocycles. The molecule has 0 unspecified atom stereocenters. The van der Waals surface area contributed by atoms with Gasteiger partial charge in [-0.1, -0.05) is 36.4 Å². The molecule has 140 valence electrons. The molecule has 0 bridgehead atoms. The Kier molecular flexibility index (Phi) is 5.99. The van der Waals surface area contributed by atoms with Crippen molar-refractivity contribution in [3.05, 3.63) is 80.4 Å². The van der Waals surface area contributed by atoms with E-state index >= 15 is 0 Å². The summed E-state index contributed by atoms with van der Waals surface area (Å²) in [5.74, 6) is 0. The van der Waals surface area contributed by atoms with Gasteiger partial charge in [0, 0.05) is 6.07 Å². The van der Waals surface area contributed by atoms with Gasteiger partial charge in [0.2, 0.25) is 0 Å². The van der Waals surface area contributed by atoms with E-state index in [1.54, 1.807) is 12.2 Å². The van der Waals surface area contributed by atoms with Crippen molar-refractivity contribution >= 4 is 28.8 Å². The molecule has 2 aromatic carbocycles. The fourth-order valence-electron chi connectivity index (χ4n) is 2.12. The molecule has 0 aliphatic heterocycles. The molecule has 27 heavy (non-hydrogen) atoms. The summed E-state index contributed by atoms with van der Waals surface area (Å²) in [4.78, 5) is 20.5. The lowest BCUT2D eigenvalue weighted by Crippen LogP contribution is -2.30. The number of hydrogen-bond donors (Lipinski definition) is 2. The van der Waals surface area contributed by atoms with Crippen molar-refractivity contribution < 1.29 is 15.0 Å². The van der Waals surface area contributed by atoms with Crippen LogP contribution in [0.2, 0.25) is 0 Å². The summed E-state index contributed by atoms with van der Waals surface area (Å²) < 4.78 is 0. The van der Waals surface area contributed by atoms with Gasteiger partial charge in [-0.15, -0.1) is 0 Å². The minimum Gasteiger partial charge on any atom is -0.384 e. The van der Waals surface area contributed by atoms with Crippen LogP contribution in [0.5, 0.6) is 0 Å². The zero-order valence-corrected chi connectivity index (χ0v) is 14.7. The van der Waals surface area contributed by atoms with E-state index in [4.69, 9.17) is 0 Å². The fraction of sp³-hybridized carbons (Fsp3) is 0.167. The molecule has 2 N–H and O–H groups in total. The average Bonchev–Trinajstić information content (AvgIpc) is 2.61. The van der Waals surface area contributed by atoms with Gasteiger partial charge in [-0.05, 0) is 31.6 Å². The highest BCUT2D eigenvalue weighted by Gasteiger charge is 2.22. The molecule has 9 nitrogen and oxygen atoms in total. The highest BCUT2D eigenvalue weighted by Crippen LogP contribution is 2.29. The second-order valence-electron chi connectivity index (χ2n) is 6.13. The molecule has 2 rings (SSSR count). The van der Waals surface area contributed by atoms with Crippen molar-refractivity contribution in [3.63, 3.8) is 0 Å². The van der Waals surface area contributed by atoms with Crippen LogP contribution in [-0.2, 0) is 0 Å². The number of aliphatic hydroxyl groups is 1. The van der Waals surface area contributed by atoms with E-state index in [0.29, 0.717) is 0 Å². The molecule has 0 aliphatic rings. The second kappa shape index (κ2) is 8.19. The smallest absolute Gasteiger partial charge is 0.301 e. The van der Waals surface area contributed by atoms with Crippen LogP contribution in [0.1, 0.15) is 19.4 Å². The van der Waals surface area contributed by atoms with E-state index < -0.39 is 26.8 Å². The predicted octanol–water partition coefficient (Wildman–Crippen LogP) is 3.76. The lowest BCUT2D eigenvalue weighted by Gasteiger charge is -2.17. The maximum absolute atomic E-state index is 11.2. The minimum atomic E-state index is -1.33. The lowest BCUT2D eigenvalue weighted by atomic mass is 10.0. The summed E-state index contributed by atoms with van der Waals surface area (Å²) in [6.45, 7) is 3.04. The Morgan fingerprint density at radius 1 is 1.11 bits per heavy atom. The van der Waals surface area contributed by atoms with E-state index in [-0.39, 0.29) is 11.4 Å². The maximum atomic E-state index is 11.2. The van der Waals surface area contributed by atoms with Crippen LogP contribution in [0.3, 0.4) is 0 Å². The van der Waals surface area contributed by atoms with Crippen LogP contribution in [0, 0.1) is 20.2 Å². The van der Waals surface area contributed by atoms with Crippen LogP contribution in [0.4, 0.5) is 17.1 Å². The van der Waals surface area contributed by atoms with Gasteiger partial charge in [0.1, 0.15) is 11.3 Å². The molecule has 0 saturated heterocycles. The Balaban J connectivity index is 2.35. The van der Waals surface area contributed by atoms with E-state index in [1.165, 1.54) is 19.9 Å². The molecular weight excluding hydrogens is 352 g/mol. The molecule has 9 heteroatoms. The normalized spacial score (nSPS) is 12.2. The third kappa shape index (κ3) is 5.44. The van der Waals surface area contributed by atoms with Crippen LogP contribution in [-0.4, -0.2) is 26.3 Å². The molecular formula is C18H18N4O5. The first-order valence-corrected chi connectivity index (χ1v) is 7.91. The average molecular weight is 370 g/mol. The molecule has 0 atom stereocenters. The van der Waals surface area contributed by atoms with Gasteiger partial charge in [-0.3, -0.25) is 25.7 Å². The van der Waals surface area contributed by atoms with Crippen molar-refractivity contribution in [2.75, 3.05) is 5.43 Å². The molecule has 0 saturated carbocycles. The predicted molar refractivity (Wildman–Crippen MR) is 103 cm³/mol. The first-order chi connectivity index (χ1) is 12.7. The first kappa shape index (κ1) is 19.7. The maximum Gasteiger partial charge on any atom is 0.301 e. The van der Waals surface area contributed by atoms with Crippen LogP contribution in [0.25, 0.3) is 6.08 Å². The number of hydrogen-bond acceptors (Lipinski definition) is 7. The third-order valence-corrected chi connectivity index (χ3v) is 3.55. The van der Waals surface area contributed by atoms with Gasteiger partial charge < -0.3 is 5.11 Å². The molecule has 0 amide bonds. The molecule has 0 radical (unpaired) electrons. The van der Waals surface area contributed by atoms with Crippen LogP contribution >= 0.6 is 0 Å². The SMILES string of the molecule is CC(C)(O)C(C=Cc1ccccc1)=NNc1ccc([N+](=O)[O-])cc1[N+](=O)[O-]. The van der Waals surface area contributed by atoms with E-state index in [2.05, 4.69) is 10.5 Å². The van der Waals surface area contributed by atoms with Gasteiger partial charge in [0.05, 0.1) is 21.6 Å². The second-order valence-corrected chi connectivity index (χ2v) is 6.13. The summed E-state index contributed by atoms with van der Waals surface area (Å²) in [6.07, 6.45) is 3.32. The molecule has 0 aromatic heterocycles. The summed E-state index contributed by atoms with van der Waals surface area (Å²) in [6, 6.07) is 12.5. The summed E-state index contributed by atoms with van der Waals surface area (Å²) in [7, 11) is 0. The van der Waals surface area contributed by atoms with Crippen LogP contribution < -0.4 is 5.43 Å². The Bertz CT molecular complexity index is 902. The number of nitro benzene ring substituents is 2. The summed E-state index contributed by atoms with van der Waals surface area (Å²) >= 11 is 0. The highest BCUT2D eigenvalue weighted by molar-refractivity contribution is 6.04. The first-order valence-electron chi connectivity index (χ1n) is 7.91. The number of benzene rings is 2. The standard InChI is InChI=1S/C18H18N4O5/c1-18(2,23)17(11-8-13-6-4-3-5-7-13)20-19-15-10-9-14(21(24)25)12-16(15)22(26)27/h3-12,19,23H,1-2H3. The lowest BCUT2D eigenvalue weighted by molar-refractivity contribution is -0.393. The number of hydrazone groups is 1. The third-order valence-electron chi connectivity index (χ3n) is 3.55. The zero-order chi connectivity index (χ0) is 20.0. The van der Waals surface area contributed by atoms with Crippen molar-refractivity contribution in [1.82, 2.24) is 0 Å². The minimum absolute atomic E-state index is 0.0274. The Hall–Kier alpha value is -3.59. The van der Waals surface area contributed by atoms with Gasteiger partial charge in [0.15, 0.2) is 0 Å². The monoisotopic (exact) mass is 370 g/mol. The van der Waals surface area contributed by atoms with Gasteiger partial charge in [0.25, 0.3) is 5.69 Å². The van der Waals surface area contributed by atoms with E-state index in [0.717, 1.165) is 17.7 Å². The van der Waals surface area contributed by atoms with Crippen molar-refractivity contribution in [2.24, 2.45) is 5.10 Å². The number of rotatable bonds is 7. The van der Waals surface area contributed by atoms with Gasteiger partial charge in [-0.2, -0.15) is 5.10 Å². The molecule has 0 spiro atoms. The van der Waals surface area contributed by atoms with Crippen molar-refractivity contribution in [1.29, 1.82) is 0 Å². The Morgan fingerprint density at radius 2 is 1.78 bits per heavy atom. The number of nitrogens with one attached hydrogen (secondary N) is 1. The van der Waals surface area contributed by atoms with E-state index in [1.807, 2.05) is 30.3 Å². The molecule has 2 aromatic rings.